The molecular weight excluding hydrogens is 351 g/mol. The Kier molecular flexibility index (Phi) is 3.84. The van der Waals surface area contributed by atoms with E-state index in [0.29, 0.717) is 6.42 Å². The van der Waals surface area contributed by atoms with Crippen LogP contribution < -0.4 is 10.2 Å². The normalized spacial score (nSPS) is 26.1. The van der Waals surface area contributed by atoms with Crippen LogP contribution in [0.3, 0.4) is 0 Å². The first-order valence-corrected chi connectivity index (χ1v) is 9.55. The molecule has 3 nitrogen and oxygen atoms in total. The number of rotatable bonds is 2. The van der Waals surface area contributed by atoms with Gasteiger partial charge in [0.15, 0.2) is 0 Å². The van der Waals surface area contributed by atoms with Gasteiger partial charge in [0, 0.05) is 18.8 Å². The maximum Gasteiger partial charge on any atom is 0.239 e. The van der Waals surface area contributed by atoms with Crippen LogP contribution in [0.1, 0.15) is 35.2 Å². The fraction of sp³-hybridized carbons (Fsp3) is 0.208. The van der Waals surface area contributed by atoms with Gasteiger partial charge in [-0.2, -0.15) is 0 Å². The third-order valence-electron chi connectivity index (χ3n) is 6.22. The lowest BCUT2D eigenvalue weighted by molar-refractivity contribution is -0.123. The minimum absolute atomic E-state index is 0.0414. The second-order valence-electron chi connectivity index (χ2n) is 7.67. The lowest BCUT2D eigenvalue weighted by Gasteiger charge is -2.30. The number of anilines is 1. The number of halogens is 1. The van der Waals surface area contributed by atoms with Crippen LogP contribution in [-0.4, -0.2) is 13.0 Å². The van der Waals surface area contributed by atoms with E-state index in [4.69, 9.17) is 0 Å². The van der Waals surface area contributed by atoms with Crippen LogP contribution in [0.5, 0.6) is 0 Å². The predicted molar refractivity (Wildman–Crippen MR) is 108 cm³/mol. The molecule has 2 heterocycles. The zero-order valence-corrected chi connectivity index (χ0v) is 15.6. The van der Waals surface area contributed by atoms with E-state index in [1.54, 1.807) is 17.0 Å². The Labute approximate surface area is 163 Å². The van der Waals surface area contributed by atoms with Crippen LogP contribution in [0.15, 0.2) is 78.9 Å². The molecule has 140 valence electrons. The van der Waals surface area contributed by atoms with Gasteiger partial charge in [-0.25, -0.2) is 4.39 Å². The molecule has 2 aliphatic heterocycles. The first-order valence-electron chi connectivity index (χ1n) is 9.55. The number of nitrogens with zero attached hydrogens (tertiary/aromatic N) is 1. The Hall–Kier alpha value is -2.98. The Morgan fingerprint density at radius 3 is 2.36 bits per heavy atom. The van der Waals surface area contributed by atoms with Gasteiger partial charge < -0.3 is 10.2 Å². The molecule has 0 unspecified atom stereocenters. The maximum atomic E-state index is 13.6. The van der Waals surface area contributed by atoms with Crippen molar-refractivity contribution in [1.29, 1.82) is 0 Å². The first-order chi connectivity index (χ1) is 13.6. The van der Waals surface area contributed by atoms with E-state index in [9.17, 15) is 9.18 Å². The number of carbonyl (C=O) groups excluding carboxylic acids is 1. The minimum Gasteiger partial charge on any atom is -0.314 e. The Balaban J connectivity index is 1.69. The summed E-state index contributed by atoms with van der Waals surface area (Å²) >= 11 is 0. The number of benzene rings is 3. The third kappa shape index (κ3) is 2.34. The summed E-state index contributed by atoms with van der Waals surface area (Å²) in [6.45, 7) is 0. The van der Waals surface area contributed by atoms with Gasteiger partial charge in [-0.1, -0.05) is 60.7 Å². The summed E-state index contributed by atoms with van der Waals surface area (Å²) in [6.07, 6.45) is 0.666. The summed E-state index contributed by atoms with van der Waals surface area (Å²) in [6, 6.07) is 24.6. The summed E-state index contributed by atoms with van der Waals surface area (Å²) < 4.78 is 13.6. The lowest BCUT2D eigenvalue weighted by atomic mass is 9.72. The summed E-state index contributed by atoms with van der Waals surface area (Å²) in [5.74, 6) is -0.181. The number of nitrogens with one attached hydrogen (secondary N) is 1. The molecule has 0 bridgehead atoms. The SMILES string of the molecule is CN1C(=O)[C@@]2(C[C@H](c3ccccc3)N[C@@H]2c2ccc(F)cc2)c2ccccc21. The third-order valence-corrected chi connectivity index (χ3v) is 6.22. The highest BCUT2D eigenvalue weighted by Gasteiger charge is 2.59. The highest BCUT2D eigenvalue weighted by atomic mass is 19.1. The first kappa shape index (κ1) is 17.1. The predicted octanol–water partition coefficient (Wildman–Crippen LogP) is 4.52. The van der Waals surface area contributed by atoms with Crippen molar-refractivity contribution in [3.05, 3.63) is 101 Å². The number of carbonyl (C=O) groups is 1. The van der Waals surface area contributed by atoms with Crippen molar-refractivity contribution >= 4 is 11.6 Å². The minimum atomic E-state index is -0.705. The molecule has 1 fully saturated rings. The largest absolute Gasteiger partial charge is 0.314 e. The van der Waals surface area contributed by atoms with Gasteiger partial charge in [0.05, 0.1) is 11.5 Å². The van der Waals surface area contributed by atoms with E-state index in [-0.39, 0.29) is 23.8 Å². The van der Waals surface area contributed by atoms with Crippen LogP contribution in [0.4, 0.5) is 10.1 Å². The molecule has 3 aromatic carbocycles. The fourth-order valence-electron chi connectivity index (χ4n) is 4.92. The van der Waals surface area contributed by atoms with E-state index in [1.165, 1.54) is 12.1 Å². The van der Waals surface area contributed by atoms with Gasteiger partial charge in [-0.15, -0.1) is 0 Å². The van der Waals surface area contributed by atoms with Crippen LogP contribution in [0.2, 0.25) is 0 Å². The van der Waals surface area contributed by atoms with Crippen LogP contribution in [0, 0.1) is 5.82 Å². The zero-order chi connectivity index (χ0) is 19.3. The van der Waals surface area contributed by atoms with Crippen LogP contribution in [0.25, 0.3) is 0 Å². The second kappa shape index (κ2) is 6.28. The number of amides is 1. The average molecular weight is 372 g/mol. The molecule has 5 rings (SSSR count). The molecule has 28 heavy (non-hydrogen) atoms. The van der Waals surface area contributed by atoms with Crippen molar-refractivity contribution < 1.29 is 9.18 Å². The Morgan fingerprint density at radius 2 is 1.61 bits per heavy atom. The molecule has 0 aliphatic carbocycles. The average Bonchev–Trinajstić information content (AvgIpc) is 3.24. The number of para-hydroxylation sites is 1. The molecule has 2 aliphatic rings. The van der Waals surface area contributed by atoms with E-state index in [1.807, 2.05) is 43.4 Å². The molecule has 0 saturated carbocycles. The summed E-state index contributed by atoms with van der Waals surface area (Å²) in [5.41, 5.74) is 3.38. The highest BCUT2D eigenvalue weighted by Crippen LogP contribution is 2.56. The molecule has 0 aromatic heterocycles. The van der Waals surface area contributed by atoms with E-state index >= 15 is 0 Å². The monoisotopic (exact) mass is 372 g/mol. The standard InChI is InChI=1S/C24H21FN2O/c1-27-21-10-6-5-9-19(21)24(23(27)28)15-20(16-7-3-2-4-8-16)26-22(24)17-11-13-18(25)14-12-17/h2-14,20,22,26H,15H2,1H3/t20-,22-,24+/m1/s1. The molecule has 0 radical (unpaired) electrons. The summed E-state index contributed by atoms with van der Waals surface area (Å²) in [7, 11) is 1.84. The molecule has 1 amide bonds. The molecule has 1 saturated heterocycles. The Morgan fingerprint density at radius 1 is 0.929 bits per heavy atom. The van der Waals surface area contributed by atoms with E-state index < -0.39 is 5.41 Å². The van der Waals surface area contributed by atoms with Gasteiger partial charge in [0.2, 0.25) is 5.91 Å². The smallest absolute Gasteiger partial charge is 0.239 e. The number of fused-ring (bicyclic) bond motifs is 2. The topological polar surface area (TPSA) is 32.3 Å². The summed E-state index contributed by atoms with van der Waals surface area (Å²) in [4.78, 5) is 15.4. The van der Waals surface area contributed by atoms with Crippen LogP contribution >= 0.6 is 0 Å². The van der Waals surface area contributed by atoms with Crippen molar-refractivity contribution in [3.8, 4) is 0 Å². The molecule has 1 N–H and O–H groups in total. The molecule has 3 atom stereocenters. The van der Waals surface area contributed by atoms with Gasteiger partial charge >= 0.3 is 0 Å². The van der Waals surface area contributed by atoms with E-state index in [0.717, 1.165) is 22.4 Å². The Bertz CT molecular complexity index is 1030. The van der Waals surface area contributed by atoms with Crippen molar-refractivity contribution in [1.82, 2.24) is 5.32 Å². The lowest BCUT2D eigenvalue weighted by Crippen LogP contribution is -2.42. The second-order valence-corrected chi connectivity index (χ2v) is 7.67. The van der Waals surface area contributed by atoms with Crippen molar-refractivity contribution in [3.63, 3.8) is 0 Å². The highest BCUT2D eigenvalue weighted by molar-refractivity contribution is 6.08. The van der Waals surface area contributed by atoms with Gasteiger partial charge in [0.1, 0.15) is 5.82 Å². The van der Waals surface area contributed by atoms with Gasteiger partial charge in [-0.05, 0) is 41.3 Å². The van der Waals surface area contributed by atoms with Gasteiger partial charge in [-0.3, -0.25) is 4.79 Å². The number of hydrogen-bond acceptors (Lipinski definition) is 2. The van der Waals surface area contributed by atoms with Crippen molar-refractivity contribution in [2.24, 2.45) is 0 Å². The van der Waals surface area contributed by atoms with Gasteiger partial charge in [0.25, 0.3) is 0 Å². The zero-order valence-electron chi connectivity index (χ0n) is 15.6. The maximum absolute atomic E-state index is 13.6. The van der Waals surface area contributed by atoms with E-state index in [2.05, 4.69) is 23.5 Å². The fourth-order valence-corrected chi connectivity index (χ4v) is 4.92. The molecule has 4 heteroatoms. The summed E-state index contributed by atoms with van der Waals surface area (Å²) in [5, 5.41) is 3.70. The van der Waals surface area contributed by atoms with Crippen molar-refractivity contribution in [2.45, 2.75) is 23.9 Å². The molecular formula is C24H21FN2O. The molecule has 3 aromatic rings. The number of likely N-dealkylation sites (N-methyl/N-ethyl adjacent to an activating group) is 1. The van der Waals surface area contributed by atoms with Crippen molar-refractivity contribution in [2.75, 3.05) is 11.9 Å². The molecule has 1 spiro atoms. The quantitative estimate of drug-likeness (QED) is 0.718. The number of hydrogen-bond donors (Lipinski definition) is 1. The van der Waals surface area contributed by atoms with Crippen LogP contribution in [-0.2, 0) is 10.2 Å².